The van der Waals surface area contributed by atoms with Crippen molar-refractivity contribution in [3.8, 4) is 16.4 Å². The van der Waals surface area contributed by atoms with Crippen LogP contribution in [0.3, 0.4) is 0 Å². The highest BCUT2D eigenvalue weighted by Crippen LogP contribution is 2.27. The first-order valence-electron chi connectivity index (χ1n) is 4.93. The minimum atomic E-state index is 0.772. The molecule has 0 unspecified atom stereocenters. The monoisotopic (exact) mass is 306 g/mol. The van der Waals surface area contributed by atoms with Gasteiger partial charge in [-0.1, -0.05) is 29.5 Å². The van der Waals surface area contributed by atoms with Crippen molar-refractivity contribution in [3.63, 3.8) is 0 Å². The Balaban J connectivity index is 2.12. The molecule has 3 aromatic rings. The van der Waals surface area contributed by atoms with Gasteiger partial charge in [0.2, 0.25) is 0 Å². The minimum absolute atomic E-state index is 0.772. The second-order valence-corrected chi connectivity index (χ2v) is 5.58. The average Bonchev–Trinajstić information content (AvgIpc) is 2.98. The zero-order valence-electron chi connectivity index (χ0n) is 8.62. The third-order valence-corrected chi connectivity index (χ3v) is 3.64. The fraction of sp³-hybridized carbons (Fsp3) is 0. The molecule has 0 aliphatic heterocycles. The van der Waals surface area contributed by atoms with Crippen molar-refractivity contribution in [1.29, 1.82) is 0 Å². The van der Waals surface area contributed by atoms with E-state index >= 15 is 0 Å². The summed E-state index contributed by atoms with van der Waals surface area (Å²) in [6, 6.07) is 11.9. The van der Waals surface area contributed by atoms with E-state index < -0.39 is 0 Å². The molecule has 0 radical (unpaired) electrons. The molecule has 2 aromatic heterocycles. The molecule has 17 heavy (non-hydrogen) atoms. The van der Waals surface area contributed by atoms with Crippen LogP contribution in [-0.4, -0.2) is 20.0 Å². The van der Waals surface area contributed by atoms with Gasteiger partial charge in [0.15, 0.2) is 8.92 Å². The van der Waals surface area contributed by atoms with E-state index in [2.05, 4.69) is 31.2 Å². The number of halogens is 1. The Bertz CT molecular complexity index is 632. The van der Waals surface area contributed by atoms with Crippen molar-refractivity contribution >= 4 is 27.3 Å². The molecule has 0 saturated carbocycles. The van der Waals surface area contributed by atoms with Gasteiger partial charge in [-0.2, -0.15) is 5.10 Å². The first kappa shape index (κ1) is 10.6. The SMILES string of the molecule is Brc1nnc(-c2ccnn2-c2ccccc2)s1. The van der Waals surface area contributed by atoms with E-state index in [-0.39, 0.29) is 0 Å². The van der Waals surface area contributed by atoms with Gasteiger partial charge in [0.1, 0.15) is 5.69 Å². The Morgan fingerprint density at radius 3 is 2.59 bits per heavy atom. The summed E-state index contributed by atoms with van der Waals surface area (Å²) in [4.78, 5) is 0. The van der Waals surface area contributed by atoms with E-state index in [9.17, 15) is 0 Å². The molecule has 0 N–H and O–H groups in total. The molecule has 2 heterocycles. The highest BCUT2D eigenvalue weighted by Gasteiger charge is 2.11. The fourth-order valence-electron chi connectivity index (χ4n) is 1.55. The van der Waals surface area contributed by atoms with Crippen LogP contribution in [0.25, 0.3) is 16.4 Å². The molecule has 84 valence electrons. The molecule has 0 spiro atoms. The van der Waals surface area contributed by atoms with Gasteiger partial charge in [0, 0.05) is 0 Å². The highest BCUT2D eigenvalue weighted by atomic mass is 79.9. The maximum absolute atomic E-state index is 4.31. The van der Waals surface area contributed by atoms with Gasteiger partial charge >= 0.3 is 0 Å². The normalized spacial score (nSPS) is 10.6. The van der Waals surface area contributed by atoms with Crippen LogP contribution >= 0.6 is 27.3 Å². The Kier molecular flexibility index (Phi) is 2.74. The summed E-state index contributed by atoms with van der Waals surface area (Å²) < 4.78 is 2.63. The van der Waals surface area contributed by atoms with Crippen molar-refractivity contribution < 1.29 is 0 Å². The Morgan fingerprint density at radius 2 is 1.88 bits per heavy atom. The number of hydrogen-bond acceptors (Lipinski definition) is 4. The molecule has 0 bridgehead atoms. The van der Waals surface area contributed by atoms with Crippen LogP contribution in [0.2, 0.25) is 0 Å². The molecule has 0 aliphatic carbocycles. The van der Waals surface area contributed by atoms with Crippen molar-refractivity contribution in [2.75, 3.05) is 0 Å². The summed E-state index contributed by atoms with van der Waals surface area (Å²) in [6.45, 7) is 0. The van der Waals surface area contributed by atoms with Crippen LogP contribution in [0.5, 0.6) is 0 Å². The van der Waals surface area contributed by atoms with E-state index in [1.165, 1.54) is 11.3 Å². The lowest BCUT2D eigenvalue weighted by Crippen LogP contribution is -1.97. The van der Waals surface area contributed by atoms with Crippen molar-refractivity contribution in [2.24, 2.45) is 0 Å². The first-order chi connectivity index (χ1) is 8.34. The number of aromatic nitrogens is 4. The van der Waals surface area contributed by atoms with Gasteiger partial charge in [-0.3, -0.25) is 0 Å². The number of rotatable bonds is 2. The zero-order valence-corrected chi connectivity index (χ0v) is 11.0. The van der Waals surface area contributed by atoms with Gasteiger partial charge < -0.3 is 0 Å². The molecule has 1 aromatic carbocycles. The van der Waals surface area contributed by atoms with Crippen LogP contribution in [-0.2, 0) is 0 Å². The summed E-state index contributed by atoms with van der Waals surface area (Å²) in [5, 5.41) is 13.2. The van der Waals surface area contributed by atoms with E-state index in [0.717, 1.165) is 20.3 Å². The zero-order chi connectivity index (χ0) is 11.7. The lowest BCUT2D eigenvalue weighted by molar-refractivity contribution is 0.883. The van der Waals surface area contributed by atoms with Crippen LogP contribution in [0, 0.1) is 0 Å². The maximum atomic E-state index is 4.31. The largest absolute Gasteiger partial charge is 0.231 e. The minimum Gasteiger partial charge on any atom is -0.231 e. The molecule has 4 nitrogen and oxygen atoms in total. The standard InChI is InChI=1S/C11H7BrN4S/c12-11-15-14-10(17-11)9-6-7-13-16(9)8-4-2-1-3-5-8/h1-7H. The average molecular weight is 307 g/mol. The highest BCUT2D eigenvalue weighted by molar-refractivity contribution is 9.11. The van der Waals surface area contributed by atoms with E-state index in [0.29, 0.717) is 0 Å². The van der Waals surface area contributed by atoms with E-state index in [1.807, 2.05) is 41.1 Å². The second-order valence-electron chi connectivity index (χ2n) is 3.32. The molecule has 6 heteroatoms. The molecule has 0 fully saturated rings. The lowest BCUT2D eigenvalue weighted by atomic mass is 10.3. The number of para-hydroxylation sites is 1. The van der Waals surface area contributed by atoms with E-state index in [1.54, 1.807) is 6.20 Å². The van der Waals surface area contributed by atoms with E-state index in [4.69, 9.17) is 0 Å². The van der Waals surface area contributed by atoms with Crippen LogP contribution in [0.1, 0.15) is 0 Å². The molecule has 0 atom stereocenters. The van der Waals surface area contributed by atoms with Gasteiger partial charge in [0.25, 0.3) is 0 Å². The second kappa shape index (κ2) is 4.38. The first-order valence-corrected chi connectivity index (χ1v) is 6.54. The molecular formula is C11H7BrN4S. The van der Waals surface area contributed by atoms with Crippen molar-refractivity contribution in [2.45, 2.75) is 0 Å². The van der Waals surface area contributed by atoms with Gasteiger partial charge in [-0.15, -0.1) is 10.2 Å². The van der Waals surface area contributed by atoms with Gasteiger partial charge in [0.05, 0.1) is 11.9 Å². The smallest absolute Gasteiger partial charge is 0.183 e. The Hall–Kier alpha value is -1.53. The molecular weight excluding hydrogens is 300 g/mol. The quantitative estimate of drug-likeness (QED) is 0.730. The summed E-state index contributed by atoms with van der Waals surface area (Å²) >= 11 is 4.80. The predicted octanol–water partition coefficient (Wildman–Crippen LogP) is 3.15. The topological polar surface area (TPSA) is 43.6 Å². The Morgan fingerprint density at radius 1 is 1.06 bits per heavy atom. The molecule has 3 rings (SSSR count). The van der Waals surface area contributed by atoms with Gasteiger partial charge in [-0.25, -0.2) is 4.68 Å². The van der Waals surface area contributed by atoms with Gasteiger partial charge in [-0.05, 0) is 34.1 Å². The molecule has 0 amide bonds. The van der Waals surface area contributed by atoms with Crippen LogP contribution in [0.4, 0.5) is 0 Å². The summed E-state index contributed by atoms with van der Waals surface area (Å²) in [7, 11) is 0. The number of nitrogens with zero attached hydrogens (tertiary/aromatic N) is 4. The maximum Gasteiger partial charge on any atom is 0.183 e. The van der Waals surface area contributed by atoms with Crippen molar-refractivity contribution in [3.05, 3.63) is 46.5 Å². The summed E-state index contributed by atoms with van der Waals surface area (Å²) in [6.07, 6.45) is 1.76. The van der Waals surface area contributed by atoms with Crippen molar-refractivity contribution in [1.82, 2.24) is 20.0 Å². The predicted molar refractivity (Wildman–Crippen MR) is 70.2 cm³/mol. The Labute approximate surface area is 110 Å². The van der Waals surface area contributed by atoms with Crippen LogP contribution < -0.4 is 0 Å². The lowest BCUT2D eigenvalue weighted by Gasteiger charge is -2.03. The van der Waals surface area contributed by atoms with Crippen LogP contribution in [0.15, 0.2) is 46.5 Å². The number of hydrogen-bond donors (Lipinski definition) is 0. The fourth-order valence-corrected chi connectivity index (χ4v) is 2.67. The third-order valence-electron chi connectivity index (χ3n) is 2.26. The summed E-state index contributed by atoms with van der Waals surface area (Å²) in [5.74, 6) is 0. The molecule has 0 saturated heterocycles. The third kappa shape index (κ3) is 2.01. The number of benzene rings is 1. The molecule has 0 aliphatic rings. The summed E-state index contributed by atoms with van der Waals surface area (Å²) in [5.41, 5.74) is 1.96.